The third-order valence-corrected chi connectivity index (χ3v) is 5.46. The van der Waals surface area contributed by atoms with Crippen LogP contribution in [-0.4, -0.2) is 104 Å². The van der Waals surface area contributed by atoms with Gasteiger partial charge in [-0.2, -0.15) is 13.2 Å². The number of halogens is 4. The summed E-state index contributed by atoms with van der Waals surface area (Å²) in [4.78, 5) is 10.7. The zero-order valence-corrected chi connectivity index (χ0v) is 19.7. The molecule has 2 rings (SSSR count). The number of guanidine groups is 1. The van der Waals surface area contributed by atoms with Crippen LogP contribution in [-0.2, 0) is 4.74 Å². The standard InChI is InChI=1S/C18H34F3N5O.HI/c1-5-22-17(23-12-14(2)26-10-11-27-13-15(26)3)25-8-6-24(7-9-25)16(4)18(19,20)21;/h14-16H,5-13H2,1-4H3,(H,22,23);1H. The summed E-state index contributed by atoms with van der Waals surface area (Å²) in [5.41, 5.74) is 0. The Hall–Kier alpha value is -0.330. The van der Waals surface area contributed by atoms with Crippen LogP contribution in [0.4, 0.5) is 13.2 Å². The van der Waals surface area contributed by atoms with Crippen LogP contribution < -0.4 is 5.32 Å². The molecule has 0 amide bonds. The minimum Gasteiger partial charge on any atom is -0.379 e. The number of nitrogens with one attached hydrogen (secondary N) is 1. The van der Waals surface area contributed by atoms with Crippen LogP contribution in [0.3, 0.4) is 0 Å². The van der Waals surface area contributed by atoms with E-state index in [1.54, 1.807) is 0 Å². The van der Waals surface area contributed by atoms with Crippen LogP contribution in [0.2, 0.25) is 0 Å². The summed E-state index contributed by atoms with van der Waals surface area (Å²) in [5.74, 6) is 0.796. The predicted molar refractivity (Wildman–Crippen MR) is 117 cm³/mol. The Bertz CT molecular complexity index is 486. The van der Waals surface area contributed by atoms with Crippen molar-refractivity contribution < 1.29 is 17.9 Å². The van der Waals surface area contributed by atoms with Crippen molar-refractivity contribution in [1.82, 2.24) is 20.0 Å². The molecule has 2 aliphatic heterocycles. The molecule has 3 atom stereocenters. The van der Waals surface area contributed by atoms with Gasteiger partial charge in [-0.1, -0.05) is 0 Å². The van der Waals surface area contributed by atoms with Crippen molar-refractivity contribution >= 4 is 29.9 Å². The number of piperazine rings is 1. The zero-order valence-electron chi connectivity index (χ0n) is 17.3. The smallest absolute Gasteiger partial charge is 0.379 e. The molecular formula is C18H35F3IN5O. The molecule has 0 aromatic rings. The molecule has 10 heteroatoms. The van der Waals surface area contributed by atoms with Gasteiger partial charge in [0.05, 0.1) is 19.8 Å². The van der Waals surface area contributed by atoms with E-state index in [0.717, 1.165) is 32.3 Å². The van der Waals surface area contributed by atoms with Crippen molar-refractivity contribution in [3.05, 3.63) is 0 Å². The summed E-state index contributed by atoms with van der Waals surface area (Å²) in [6.45, 7) is 13.2. The Morgan fingerprint density at radius 3 is 2.36 bits per heavy atom. The van der Waals surface area contributed by atoms with Gasteiger partial charge in [-0.15, -0.1) is 24.0 Å². The van der Waals surface area contributed by atoms with Crippen LogP contribution in [0.1, 0.15) is 27.7 Å². The first-order chi connectivity index (χ1) is 12.7. The Labute approximate surface area is 183 Å². The minimum atomic E-state index is -4.18. The van der Waals surface area contributed by atoms with Crippen molar-refractivity contribution in [2.24, 2.45) is 4.99 Å². The van der Waals surface area contributed by atoms with Gasteiger partial charge >= 0.3 is 6.18 Å². The molecule has 0 saturated carbocycles. The average Bonchev–Trinajstić information content (AvgIpc) is 2.64. The fourth-order valence-corrected chi connectivity index (χ4v) is 3.67. The van der Waals surface area contributed by atoms with Crippen LogP contribution in [0, 0.1) is 0 Å². The van der Waals surface area contributed by atoms with Crippen molar-refractivity contribution in [2.75, 3.05) is 59.0 Å². The lowest BCUT2D eigenvalue weighted by Crippen LogP contribution is -2.57. The second-order valence-electron chi connectivity index (χ2n) is 7.45. The number of rotatable bonds is 5. The van der Waals surface area contributed by atoms with Gasteiger partial charge in [0, 0.05) is 51.4 Å². The predicted octanol–water partition coefficient (Wildman–Crippen LogP) is 2.25. The highest BCUT2D eigenvalue weighted by molar-refractivity contribution is 14.0. The number of alkyl halides is 3. The van der Waals surface area contributed by atoms with E-state index < -0.39 is 12.2 Å². The van der Waals surface area contributed by atoms with E-state index >= 15 is 0 Å². The molecule has 6 nitrogen and oxygen atoms in total. The average molecular weight is 521 g/mol. The second-order valence-corrected chi connectivity index (χ2v) is 7.45. The van der Waals surface area contributed by atoms with E-state index in [1.165, 1.54) is 11.8 Å². The summed E-state index contributed by atoms with van der Waals surface area (Å²) in [6, 6.07) is -0.731. The van der Waals surface area contributed by atoms with E-state index in [1.807, 2.05) is 6.92 Å². The van der Waals surface area contributed by atoms with Crippen molar-refractivity contribution in [2.45, 2.75) is 52.0 Å². The first-order valence-electron chi connectivity index (χ1n) is 9.91. The molecule has 0 spiro atoms. The van der Waals surface area contributed by atoms with Crippen LogP contribution in [0.5, 0.6) is 0 Å². The summed E-state index contributed by atoms with van der Waals surface area (Å²) >= 11 is 0. The zero-order chi connectivity index (χ0) is 20.0. The van der Waals surface area contributed by atoms with E-state index in [9.17, 15) is 13.2 Å². The number of hydrogen-bond donors (Lipinski definition) is 1. The molecule has 0 aliphatic carbocycles. The van der Waals surface area contributed by atoms with E-state index in [0.29, 0.717) is 44.8 Å². The Morgan fingerprint density at radius 1 is 1.18 bits per heavy atom. The molecule has 2 aliphatic rings. The quantitative estimate of drug-likeness (QED) is 0.342. The molecule has 3 unspecified atom stereocenters. The lowest BCUT2D eigenvalue weighted by Gasteiger charge is -2.40. The number of nitrogens with zero attached hydrogens (tertiary/aromatic N) is 4. The third kappa shape index (κ3) is 7.17. The molecule has 2 saturated heterocycles. The maximum Gasteiger partial charge on any atom is 0.403 e. The van der Waals surface area contributed by atoms with Gasteiger partial charge in [-0.3, -0.25) is 14.8 Å². The van der Waals surface area contributed by atoms with Crippen molar-refractivity contribution in [3.8, 4) is 0 Å². The van der Waals surface area contributed by atoms with Gasteiger partial charge in [0.15, 0.2) is 5.96 Å². The van der Waals surface area contributed by atoms with Crippen molar-refractivity contribution in [1.29, 1.82) is 0 Å². The fourth-order valence-electron chi connectivity index (χ4n) is 3.67. The Kier molecular flexibility index (Phi) is 10.8. The lowest BCUT2D eigenvalue weighted by molar-refractivity contribution is -0.181. The molecule has 166 valence electrons. The Balaban J connectivity index is 0.00000392. The highest BCUT2D eigenvalue weighted by Crippen LogP contribution is 2.25. The van der Waals surface area contributed by atoms with Crippen molar-refractivity contribution in [3.63, 3.8) is 0 Å². The fraction of sp³-hybridized carbons (Fsp3) is 0.944. The molecule has 0 bridgehead atoms. The normalized spacial score (nSPS) is 25.2. The maximum absolute atomic E-state index is 12.9. The molecule has 1 N–H and O–H groups in total. The minimum absolute atomic E-state index is 0. The first-order valence-corrected chi connectivity index (χ1v) is 9.91. The molecule has 0 aromatic heterocycles. The highest BCUT2D eigenvalue weighted by Gasteiger charge is 2.41. The molecule has 0 aromatic carbocycles. The van der Waals surface area contributed by atoms with Gasteiger partial charge in [0.25, 0.3) is 0 Å². The van der Waals surface area contributed by atoms with Crippen LogP contribution >= 0.6 is 24.0 Å². The van der Waals surface area contributed by atoms with E-state index in [4.69, 9.17) is 9.73 Å². The van der Waals surface area contributed by atoms with Gasteiger partial charge in [-0.25, -0.2) is 0 Å². The van der Waals surface area contributed by atoms with E-state index in [-0.39, 0.29) is 24.0 Å². The first kappa shape index (κ1) is 25.7. The molecule has 2 fully saturated rings. The van der Waals surface area contributed by atoms with E-state index in [2.05, 4.69) is 29.0 Å². The SMILES string of the molecule is CCNC(=NCC(C)N1CCOCC1C)N1CCN(C(C)C(F)(F)F)CC1.I. The summed E-state index contributed by atoms with van der Waals surface area (Å²) in [7, 11) is 0. The summed E-state index contributed by atoms with van der Waals surface area (Å²) < 4.78 is 44.3. The number of ether oxygens (including phenoxy) is 1. The molecule has 28 heavy (non-hydrogen) atoms. The van der Waals surface area contributed by atoms with Gasteiger partial charge in [0.2, 0.25) is 0 Å². The summed E-state index contributed by atoms with van der Waals surface area (Å²) in [5, 5.41) is 3.29. The summed E-state index contributed by atoms with van der Waals surface area (Å²) in [6.07, 6.45) is -4.18. The van der Waals surface area contributed by atoms with Gasteiger partial charge < -0.3 is 15.0 Å². The monoisotopic (exact) mass is 521 g/mol. The molecule has 2 heterocycles. The van der Waals surface area contributed by atoms with Gasteiger partial charge in [0.1, 0.15) is 6.04 Å². The maximum atomic E-state index is 12.9. The third-order valence-electron chi connectivity index (χ3n) is 5.46. The number of morpholine rings is 1. The number of hydrogen-bond acceptors (Lipinski definition) is 4. The highest BCUT2D eigenvalue weighted by atomic mass is 127. The topological polar surface area (TPSA) is 43.3 Å². The Morgan fingerprint density at radius 2 is 1.82 bits per heavy atom. The molecule has 0 radical (unpaired) electrons. The van der Waals surface area contributed by atoms with Gasteiger partial charge in [-0.05, 0) is 27.7 Å². The molecular weight excluding hydrogens is 486 g/mol. The second kappa shape index (κ2) is 11.8. The lowest BCUT2D eigenvalue weighted by atomic mass is 10.2. The van der Waals surface area contributed by atoms with Crippen LogP contribution in [0.25, 0.3) is 0 Å². The number of aliphatic imine (C=N–C) groups is 1. The van der Waals surface area contributed by atoms with Crippen LogP contribution in [0.15, 0.2) is 4.99 Å². The largest absolute Gasteiger partial charge is 0.403 e.